The lowest BCUT2D eigenvalue weighted by atomic mass is 10.1. The van der Waals surface area contributed by atoms with E-state index >= 15 is 0 Å². The summed E-state index contributed by atoms with van der Waals surface area (Å²) in [6.07, 6.45) is 0.398. The molecule has 0 saturated heterocycles. The van der Waals surface area contributed by atoms with Crippen LogP contribution in [0.25, 0.3) is 0 Å². The molecule has 2 amide bonds. The van der Waals surface area contributed by atoms with Crippen LogP contribution in [0.5, 0.6) is 0 Å². The van der Waals surface area contributed by atoms with Crippen molar-refractivity contribution in [2.24, 2.45) is 5.73 Å². The number of carbonyl (C=O) groups excluding carboxylic acids is 2. The molecule has 1 unspecified atom stereocenters. The molecule has 0 aromatic heterocycles. The second-order valence-corrected chi connectivity index (χ2v) is 6.26. The summed E-state index contributed by atoms with van der Waals surface area (Å²) in [5.41, 5.74) is 9.66. The van der Waals surface area contributed by atoms with Crippen LogP contribution < -0.4 is 21.7 Å². The number of carbonyl (C=O) groups is 2. The van der Waals surface area contributed by atoms with Crippen LogP contribution in [0.2, 0.25) is 0 Å². The largest absolute Gasteiger partial charge is 0.380 e. The van der Waals surface area contributed by atoms with Crippen LogP contribution in [-0.4, -0.2) is 17.9 Å². The second-order valence-electron chi connectivity index (χ2n) is 6.26. The zero-order valence-corrected chi connectivity index (χ0v) is 14.1. The molecule has 130 valence electrons. The topological polar surface area (TPSA) is 96.2 Å². The third-order valence-electron chi connectivity index (χ3n) is 4.16. The number of rotatable bonds is 4. The van der Waals surface area contributed by atoms with E-state index in [0.717, 1.165) is 16.8 Å². The first-order valence-electron chi connectivity index (χ1n) is 8.31. The van der Waals surface area contributed by atoms with E-state index in [1.54, 1.807) is 18.2 Å². The summed E-state index contributed by atoms with van der Waals surface area (Å²) in [5.74, 6) is -0.187. The molecule has 0 aliphatic carbocycles. The molecule has 0 saturated carbocycles. The molecule has 0 spiro atoms. The molecule has 25 heavy (non-hydrogen) atoms. The van der Waals surface area contributed by atoms with E-state index < -0.39 is 0 Å². The van der Waals surface area contributed by atoms with Gasteiger partial charge in [-0.2, -0.15) is 0 Å². The van der Waals surface area contributed by atoms with Crippen molar-refractivity contribution in [2.75, 3.05) is 10.6 Å². The fourth-order valence-electron chi connectivity index (χ4n) is 2.79. The minimum atomic E-state index is -0.157. The molecule has 5 N–H and O–H groups in total. The molecular weight excluding hydrogens is 316 g/mol. The zero-order valence-electron chi connectivity index (χ0n) is 14.1. The minimum absolute atomic E-state index is 0.0145. The normalized spacial score (nSPS) is 16.2. The van der Waals surface area contributed by atoms with Crippen LogP contribution in [0.1, 0.15) is 34.8 Å². The summed E-state index contributed by atoms with van der Waals surface area (Å²) >= 11 is 0. The quantitative estimate of drug-likeness (QED) is 0.687. The first kappa shape index (κ1) is 17.0. The van der Waals surface area contributed by atoms with Gasteiger partial charge >= 0.3 is 0 Å². The van der Waals surface area contributed by atoms with Crippen molar-refractivity contribution in [1.29, 1.82) is 0 Å². The molecule has 1 atom stereocenters. The Morgan fingerprint density at radius 3 is 2.60 bits per heavy atom. The standard InChI is InChI=1S/C19H22N4O2/c1-12-8-18(24)23-16-7-6-15(9-17(16)22-12)19(25)21-11-14-4-2-13(10-20)3-5-14/h2-7,9,12,22H,8,10-11,20H2,1H3,(H,21,25)(H,23,24). The lowest BCUT2D eigenvalue weighted by Crippen LogP contribution is -2.23. The van der Waals surface area contributed by atoms with E-state index in [1.807, 2.05) is 31.2 Å². The van der Waals surface area contributed by atoms with E-state index in [4.69, 9.17) is 5.73 Å². The van der Waals surface area contributed by atoms with Crippen molar-refractivity contribution in [3.8, 4) is 0 Å². The maximum Gasteiger partial charge on any atom is 0.251 e. The molecule has 0 fully saturated rings. The Labute approximate surface area is 146 Å². The molecule has 0 radical (unpaired) electrons. The minimum Gasteiger partial charge on any atom is -0.380 e. The van der Waals surface area contributed by atoms with E-state index in [-0.39, 0.29) is 17.9 Å². The molecular formula is C19H22N4O2. The maximum absolute atomic E-state index is 12.4. The molecule has 1 aliphatic rings. The Morgan fingerprint density at radius 2 is 1.88 bits per heavy atom. The Morgan fingerprint density at radius 1 is 1.16 bits per heavy atom. The van der Waals surface area contributed by atoms with Gasteiger partial charge in [0.1, 0.15) is 0 Å². The number of benzene rings is 2. The van der Waals surface area contributed by atoms with Gasteiger partial charge in [-0.15, -0.1) is 0 Å². The highest BCUT2D eigenvalue weighted by atomic mass is 16.2. The van der Waals surface area contributed by atoms with Crippen molar-refractivity contribution in [3.05, 3.63) is 59.2 Å². The van der Waals surface area contributed by atoms with Crippen molar-refractivity contribution < 1.29 is 9.59 Å². The summed E-state index contributed by atoms with van der Waals surface area (Å²) in [6, 6.07) is 13.1. The highest BCUT2D eigenvalue weighted by Gasteiger charge is 2.18. The summed E-state index contributed by atoms with van der Waals surface area (Å²) in [5, 5.41) is 9.01. The van der Waals surface area contributed by atoms with Crippen LogP contribution in [0.15, 0.2) is 42.5 Å². The molecule has 2 aromatic rings. The van der Waals surface area contributed by atoms with Gasteiger partial charge in [0, 0.05) is 31.1 Å². The number of amides is 2. The number of hydrogen-bond donors (Lipinski definition) is 4. The number of hydrogen-bond acceptors (Lipinski definition) is 4. The first-order valence-corrected chi connectivity index (χ1v) is 8.31. The van der Waals surface area contributed by atoms with Gasteiger partial charge in [0.15, 0.2) is 0 Å². The Hall–Kier alpha value is -2.86. The summed E-state index contributed by atoms with van der Waals surface area (Å²) in [6.45, 7) is 2.89. The summed E-state index contributed by atoms with van der Waals surface area (Å²) in [4.78, 5) is 24.2. The van der Waals surface area contributed by atoms with Gasteiger partial charge < -0.3 is 21.7 Å². The predicted octanol–water partition coefficient (Wildman–Crippen LogP) is 2.22. The van der Waals surface area contributed by atoms with Crippen LogP contribution >= 0.6 is 0 Å². The predicted molar refractivity (Wildman–Crippen MR) is 98.3 cm³/mol. The van der Waals surface area contributed by atoms with Gasteiger partial charge in [0.2, 0.25) is 5.91 Å². The van der Waals surface area contributed by atoms with Gasteiger partial charge in [-0.05, 0) is 36.2 Å². The summed E-state index contributed by atoms with van der Waals surface area (Å²) in [7, 11) is 0. The van der Waals surface area contributed by atoms with Crippen LogP contribution in [0.4, 0.5) is 11.4 Å². The van der Waals surface area contributed by atoms with Gasteiger partial charge in [-0.1, -0.05) is 24.3 Å². The van der Waals surface area contributed by atoms with Gasteiger partial charge in [-0.25, -0.2) is 0 Å². The van der Waals surface area contributed by atoms with Crippen LogP contribution in [-0.2, 0) is 17.9 Å². The molecule has 6 heteroatoms. The lowest BCUT2D eigenvalue weighted by molar-refractivity contribution is -0.116. The SMILES string of the molecule is CC1CC(=O)Nc2ccc(C(=O)NCc3ccc(CN)cc3)cc2N1. The molecule has 2 aromatic carbocycles. The number of nitrogens with one attached hydrogen (secondary N) is 3. The second kappa shape index (κ2) is 7.36. The molecule has 3 rings (SSSR count). The number of anilines is 2. The highest BCUT2D eigenvalue weighted by molar-refractivity contribution is 6.00. The number of nitrogens with two attached hydrogens (primary N) is 1. The first-order chi connectivity index (χ1) is 12.0. The van der Waals surface area contributed by atoms with Crippen molar-refractivity contribution >= 4 is 23.2 Å². The van der Waals surface area contributed by atoms with Crippen LogP contribution in [0, 0.1) is 0 Å². The van der Waals surface area contributed by atoms with E-state index in [9.17, 15) is 9.59 Å². The van der Waals surface area contributed by atoms with Crippen molar-refractivity contribution in [1.82, 2.24) is 5.32 Å². The zero-order chi connectivity index (χ0) is 17.8. The fourth-order valence-corrected chi connectivity index (χ4v) is 2.79. The molecule has 6 nitrogen and oxygen atoms in total. The van der Waals surface area contributed by atoms with Crippen LogP contribution in [0.3, 0.4) is 0 Å². The van der Waals surface area contributed by atoms with Gasteiger partial charge in [0.25, 0.3) is 5.91 Å². The molecule has 1 heterocycles. The lowest BCUT2D eigenvalue weighted by Gasteiger charge is -2.13. The van der Waals surface area contributed by atoms with E-state index in [0.29, 0.717) is 30.8 Å². The molecule has 0 bridgehead atoms. The van der Waals surface area contributed by atoms with E-state index in [2.05, 4.69) is 16.0 Å². The highest BCUT2D eigenvalue weighted by Crippen LogP contribution is 2.27. The molecule has 1 aliphatic heterocycles. The average molecular weight is 338 g/mol. The van der Waals surface area contributed by atoms with Gasteiger partial charge in [-0.3, -0.25) is 9.59 Å². The van der Waals surface area contributed by atoms with Crippen molar-refractivity contribution in [3.63, 3.8) is 0 Å². The average Bonchev–Trinajstić information content (AvgIpc) is 2.75. The Bertz CT molecular complexity index is 787. The van der Waals surface area contributed by atoms with Crippen molar-refractivity contribution in [2.45, 2.75) is 32.5 Å². The monoisotopic (exact) mass is 338 g/mol. The maximum atomic E-state index is 12.4. The van der Waals surface area contributed by atoms with Gasteiger partial charge in [0.05, 0.1) is 11.4 Å². The summed E-state index contributed by atoms with van der Waals surface area (Å²) < 4.78 is 0. The fraction of sp³-hybridized carbons (Fsp3) is 0.263. The Kier molecular flexibility index (Phi) is 5.00. The third kappa shape index (κ3) is 4.16. The Balaban J connectivity index is 1.69. The third-order valence-corrected chi connectivity index (χ3v) is 4.16. The number of fused-ring (bicyclic) bond motifs is 1. The smallest absolute Gasteiger partial charge is 0.251 e. The van der Waals surface area contributed by atoms with E-state index in [1.165, 1.54) is 0 Å².